The summed E-state index contributed by atoms with van der Waals surface area (Å²) in [6.07, 6.45) is 0.630. The van der Waals surface area contributed by atoms with Crippen molar-refractivity contribution in [1.29, 1.82) is 0 Å². The highest BCUT2D eigenvalue weighted by atomic mass is 19.1. The van der Waals surface area contributed by atoms with E-state index in [0.717, 1.165) is 11.0 Å². The molecule has 0 bridgehead atoms. The van der Waals surface area contributed by atoms with E-state index in [0.29, 0.717) is 59.2 Å². The third-order valence-electron chi connectivity index (χ3n) is 5.31. The fourth-order valence-corrected chi connectivity index (χ4v) is 3.65. The molecule has 11 nitrogen and oxygen atoms in total. The van der Waals surface area contributed by atoms with Gasteiger partial charge < -0.3 is 25.3 Å². The molecule has 1 saturated heterocycles. The normalized spacial score (nSPS) is 17.8. The number of hydrogen-bond acceptors (Lipinski definition) is 9. The Bertz CT molecular complexity index is 927. The summed E-state index contributed by atoms with van der Waals surface area (Å²) in [5.74, 6) is -3.29. The van der Waals surface area contributed by atoms with Crippen molar-refractivity contribution in [3.05, 3.63) is 29.1 Å². The van der Waals surface area contributed by atoms with Gasteiger partial charge in [-0.3, -0.25) is 29.4 Å². The van der Waals surface area contributed by atoms with Gasteiger partial charge in [0.05, 0.1) is 49.8 Å². The van der Waals surface area contributed by atoms with E-state index < -0.39 is 35.5 Å². The number of rotatable bonds is 14. The van der Waals surface area contributed by atoms with Crippen LogP contribution in [0.2, 0.25) is 0 Å². The van der Waals surface area contributed by atoms with E-state index in [1.165, 1.54) is 6.07 Å². The number of amides is 4. The highest BCUT2D eigenvalue weighted by molar-refractivity contribution is 6.23. The van der Waals surface area contributed by atoms with Crippen LogP contribution in [0.5, 0.6) is 0 Å². The first kappa shape index (κ1) is 25.7. The van der Waals surface area contributed by atoms with Gasteiger partial charge >= 0.3 is 0 Å². The van der Waals surface area contributed by atoms with Gasteiger partial charge in [0.15, 0.2) is 0 Å². The zero-order valence-corrected chi connectivity index (χ0v) is 18.8. The lowest BCUT2D eigenvalue weighted by Crippen LogP contribution is -2.54. The summed E-state index contributed by atoms with van der Waals surface area (Å²) in [6.45, 7) is 3.56. The van der Waals surface area contributed by atoms with Crippen molar-refractivity contribution < 1.29 is 37.8 Å². The minimum Gasteiger partial charge on any atom is -0.383 e. The van der Waals surface area contributed by atoms with E-state index in [9.17, 15) is 23.6 Å². The first-order valence-electron chi connectivity index (χ1n) is 11.2. The number of benzene rings is 1. The number of fused-ring (bicyclic) bond motifs is 1. The number of carbonyl (C=O) groups excluding carboxylic acids is 4. The Balaban J connectivity index is 1.43. The number of ether oxygens (including phenoxy) is 3. The fraction of sp³-hybridized carbons (Fsp3) is 0.545. The number of piperidine rings is 1. The lowest BCUT2D eigenvalue weighted by Gasteiger charge is -2.27. The van der Waals surface area contributed by atoms with Crippen LogP contribution in [0.4, 0.5) is 10.1 Å². The van der Waals surface area contributed by atoms with E-state index in [-0.39, 0.29) is 29.7 Å². The van der Waals surface area contributed by atoms with E-state index >= 15 is 0 Å². The zero-order chi connectivity index (χ0) is 24.5. The van der Waals surface area contributed by atoms with E-state index in [2.05, 4.69) is 10.6 Å². The monoisotopic (exact) mass is 480 g/mol. The number of nitrogens with two attached hydrogens (primary N) is 1. The molecule has 1 aromatic rings. The van der Waals surface area contributed by atoms with Gasteiger partial charge in [0, 0.05) is 26.1 Å². The molecule has 2 aliphatic heterocycles. The van der Waals surface area contributed by atoms with Crippen LogP contribution in [-0.4, -0.2) is 87.3 Å². The summed E-state index contributed by atoms with van der Waals surface area (Å²) in [5.41, 5.74) is 5.30. The summed E-state index contributed by atoms with van der Waals surface area (Å²) in [6, 6.07) is 1.18. The maximum Gasteiger partial charge on any atom is 0.262 e. The third-order valence-corrected chi connectivity index (χ3v) is 5.31. The molecule has 0 radical (unpaired) electrons. The van der Waals surface area contributed by atoms with Gasteiger partial charge in [-0.2, -0.15) is 0 Å². The Morgan fingerprint density at radius 1 is 0.971 bits per heavy atom. The molecule has 4 amide bonds. The number of carbonyl (C=O) groups is 4. The Kier molecular flexibility index (Phi) is 9.45. The molecule has 0 aliphatic carbocycles. The van der Waals surface area contributed by atoms with Crippen molar-refractivity contribution >= 4 is 29.3 Å². The zero-order valence-electron chi connectivity index (χ0n) is 18.8. The second kappa shape index (κ2) is 12.5. The first-order chi connectivity index (χ1) is 16.4. The SMILES string of the molecule is NCCOCCOCCOCCCNc1cc2c(cc1F)C(=O)N(C1CCC(=O)NC1=O)C2=O. The van der Waals surface area contributed by atoms with Gasteiger partial charge in [-0.05, 0) is 25.0 Å². The molecule has 1 fully saturated rings. The molecular formula is C22H29FN4O7. The second-order valence-electron chi connectivity index (χ2n) is 7.73. The van der Waals surface area contributed by atoms with Crippen LogP contribution in [0.15, 0.2) is 12.1 Å². The fourth-order valence-electron chi connectivity index (χ4n) is 3.65. The number of nitrogens with one attached hydrogen (secondary N) is 2. The lowest BCUT2D eigenvalue weighted by molar-refractivity contribution is -0.136. The quantitative estimate of drug-likeness (QED) is 0.248. The molecule has 0 aromatic heterocycles. The predicted octanol–water partition coefficient (Wildman–Crippen LogP) is 0.0374. The summed E-state index contributed by atoms with van der Waals surface area (Å²) in [7, 11) is 0. The summed E-state index contributed by atoms with van der Waals surface area (Å²) >= 11 is 0. The standard InChI is InChI=1S/C22H29FN4O7/c23-16-12-14-15(22(31)27(21(14)30)18-2-3-19(28)26-20(18)29)13-17(16)25-5-1-6-32-8-10-34-11-9-33-7-4-24/h12-13,18,25H,1-11,24H2,(H,26,28,29). The van der Waals surface area contributed by atoms with Gasteiger partial charge in [-0.15, -0.1) is 0 Å². The highest BCUT2D eigenvalue weighted by Gasteiger charge is 2.45. The molecule has 34 heavy (non-hydrogen) atoms. The Morgan fingerprint density at radius 3 is 2.24 bits per heavy atom. The Hall–Kier alpha value is -2.93. The van der Waals surface area contributed by atoms with Crippen LogP contribution in [0, 0.1) is 5.82 Å². The van der Waals surface area contributed by atoms with Crippen molar-refractivity contribution in [3.8, 4) is 0 Å². The third kappa shape index (κ3) is 6.35. The van der Waals surface area contributed by atoms with Crippen molar-refractivity contribution in [3.63, 3.8) is 0 Å². The van der Waals surface area contributed by atoms with Crippen molar-refractivity contribution in [2.75, 3.05) is 58.0 Å². The van der Waals surface area contributed by atoms with Crippen molar-refractivity contribution in [2.24, 2.45) is 5.73 Å². The average molecular weight is 480 g/mol. The van der Waals surface area contributed by atoms with Crippen molar-refractivity contribution in [2.45, 2.75) is 25.3 Å². The molecule has 1 unspecified atom stereocenters. The largest absolute Gasteiger partial charge is 0.383 e. The summed E-state index contributed by atoms with van der Waals surface area (Å²) < 4.78 is 30.5. The van der Waals surface area contributed by atoms with Gasteiger partial charge in [0.1, 0.15) is 11.9 Å². The van der Waals surface area contributed by atoms with Crippen LogP contribution in [0.25, 0.3) is 0 Å². The highest BCUT2D eigenvalue weighted by Crippen LogP contribution is 2.31. The van der Waals surface area contributed by atoms with Crippen LogP contribution in [0.3, 0.4) is 0 Å². The predicted molar refractivity (Wildman–Crippen MR) is 118 cm³/mol. The molecule has 1 aromatic carbocycles. The first-order valence-corrected chi connectivity index (χ1v) is 11.2. The summed E-state index contributed by atoms with van der Waals surface area (Å²) in [5, 5.41) is 5.02. The molecule has 2 heterocycles. The molecule has 2 aliphatic rings. The van der Waals surface area contributed by atoms with Crippen LogP contribution >= 0.6 is 0 Å². The topological polar surface area (TPSA) is 149 Å². The number of halogens is 1. The number of hydrogen-bond donors (Lipinski definition) is 3. The van der Waals surface area contributed by atoms with E-state index in [1.807, 2.05) is 0 Å². The minimum absolute atomic E-state index is 0.0161. The van der Waals surface area contributed by atoms with Gasteiger partial charge in [-0.25, -0.2) is 4.39 Å². The molecule has 12 heteroatoms. The smallest absolute Gasteiger partial charge is 0.262 e. The lowest BCUT2D eigenvalue weighted by atomic mass is 10.0. The van der Waals surface area contributed by atoms with E-state index in [1.54, 1.807) is 0 Å². The Morgan fingerprint density at radius 2 is 1.59 bits per heavy atom. The molecule has 1 atom stereocenters. The van der Waals surface area contributed by atoms with E-state index in [4.69, 9.17) is 19.9 Å². The maximum atomic E-state index is 14.5. The molecule has 3 rings (SSSR count). The molecule has 0 saturated carbocycles. The van der Waals surface area contributed by atoms with Crippen molar-refractivity contribution in [1.82, 2.24) is 10.2 Å². The maximum absolute atomic E-state index is 14.5. The Labute approximate surface area is 196 Å². The number of nitrogens with zero attached hydrogens (tertiary/aromatic N) is 1. The van der Waals surface area contributed by atoms with Crippen LogP contribution < -0.4 is 16.4 Å². The van der Waals surface area contributed by atoms with Crippen LogP contribution in [-0.2, 0) is 23.8 Å². The second-order valence-corrected chi connectivity index (χ2v) is 7.73. The average Bonchev–Trinajstić information content (AvgIpc) is 3.04. The van der Waals surface area contributed by atoms with Gasteiger partial charge in [-0.1, -0.05) is 0 Å². The number of imide groups is 2. The number of anilines is 1. The molecular weight excluding hydrogens is 451 g/mol. The molecule has 4 N–H and O–H groups in total. The van der Waals surface area contributed by atoms with Gasteiger partial charge in [0.25, 0.3) is 11.8 Å². The molecule has 186 valence electrons. The van der Waals surface area contributed by atoms with Crippen LogP contribution in [0.1, 0.15) is 40.0 Å². The van der Waals surface area contributed by atoms with Gasteiger partial charge in [0.2, 0.25) is 11.8 Å². The summed E-state index contributed by atoms with van der Waals surface area (Å²) in [4.78, 5) is 49.8. The molecule has 0 spiro atoms. The minimum atomic E-state index is -1.09.